The van der Waals surface area contributed by atoms with Crippen LogP contribution in [0.15, 0.2) is 0 Å². The fourth-order valence-electron chi connectivity index (χ4n) is 0.813. The number of hydrogen-bond acceptors (Lipinski definition) is 3. The van der Waals surface area contributed by atoms with Gasteiger partial charge in [-0.1, -0.05) is 19.8 Å². The summed E-state index contributed by atoms with van der Waals surface area (Å²) in [6.45, 7) is 2.08. The number of unbranched alkanes of at least 4 members (excludes halogenated alkanes) is 1. The van der Waals surface area contributed by atoms with Crippen molar-refractivity contribution in [1.29, 1.82) is 5.26 Å². The standard InChI is InChI=1S/C8H15N3O/c1-2-3-4-7(10)8(12)11-6-5-9/h7H,2-4,6,10H2,1H3,(H,11,12). The number of nitriles is 1. The van der Waals surface area contributed by atoms with Crippen LogP contribution in [0.25, 0.3) is 0 Å². The monoisotopic (exact) mass is 169 g/mol. The Bertz CT molecular complexity index is 174. The lowest BCUT2D eigenvalue weighted by molar-refractivity contribution is -0.122. The van der Waals surface area contributed by atoms with Crippen LogP contribution in [-0.4, -0.2) is 18.5 Å². The maximum absolute atomic E-state index is 11.0. The smallest absolute Gasteiger partial charge is 0.237 e. The van der Waals surface area contributed by atoms with Gasteiger partial charge in [-0.05, 0) is 6.42 Å². The molecule has 0 fully saturated rings. The average molecular weight is 169 g/mol. The Hall–Kier alpha value is -1.08. The zero-order valence-electron chi connectivity index (χ0n) is 7.34. The minimum absolute atomic E-state index is 0.0403. The van der Waals surface area contributed by atoms with Gasteiger partial charge in [-0.25, -0.2) is 0 Å². The summed E-state index contributed by atoms with van der Waals surface area (Å²) >= 11 is 0. The van der Waals surface area contributed by atoms with Gasteiger partial charge in [0.2, 0.25) is 5.91 Å². The van der Waals surface area contributed by atoms with Gasteiger partial charge in [-0.2, -0.15) is 5.26 Å². The molecule has 68 valence electrons. The largest absolute Gasteiger partial charge is 0.342 e. The predicted octanol–water partition coefficient (Wildman–Crippen LogP) is 0.144. The van der Waals surface area contributed by atoms with Gasteiger partial charge in [-0.3, -0.25) is 4.79 Å². The number of nitrogens with one attached hydrogen (secondary N) is 1. The molecular formula is C8H15N3O. The van der Waals surface area contributed by atoms with Crippen molar-refractivity contribution in [3.05, 3.63) is 0 Å². The number of nitrogens with zero attached hydrogens (tertiary/aromatic N) is 1. The van der Waals surface area contributed by atoms with Crippen LogP contribution < -0.4 is 11.1 Å². The third-order valence-corrected chi connectivity index (χ3v) is 1.55. The molecule has 1 unspecified atom stereocenters. The lowest BCUT2D eigenvalue weighted by atomic mass is 10.1. The van der Waals surface area contributed by atoms with E-state index in [0.717, 1.165) is 12.8 Å². The summed E-state index contributed by atoms with van der Waals surface area (Å²) in [6.07, 6.45) is 2.66. The van der Waals surface area contributed by atoms with Gasteiger partial charge in [0, 0.05) is 0 Å². The van der Waals surface area contributed by atoms with Crippen LogP contribution in [0, 0.1) is 11.3 Å². The lowest BCUT2D eigenvalue weighted by Crippen LogP contribution is -2.40. The van der Waals surface area contributed by atoms with E-state index in [-0.39, 0.29) is 12.5 Å². The molecule has 0 heterocycles. The second kappa shape index (κ2) is 6.62. The molecule has 0 aliphatic carbocycles. The van der Waals surface area contributed by atoms with Crippen molar-refractivity contribution in [3.8, 4) is 6.07 Å². The molecule has 0 spiro atoms. The van der Waals surface area contributed by atoms with Gasteiger partial charge in [-0.15, -0.1) is 0 Å². The number of carbonyl (C=O) groups is 1. The molecule has 4 heteroatoms. The topological polar surface area (TPSA) is 78.9 Å². The van der Waals surface area contributed by atoms with Crippen molar-refractivity contribution < 1.29 is 4.79 Å². The molecule has 0 saturated heterocycles. The Labute approximate surface area is 72.7 Å². The first-order valence-electron chi connectivity index (χ1n) is 4.12. The normalized spacial score (nSPS) is 11.8. The van der Waals surface area contributed by atoms with Gasteiger partial charge in [0.1, 0.15) is 6.54 Å². The molecule has 0 aromatic rings. The van der Waals surface area contributed by atoms with Crippen molar-refractivity contribution in [3.63, 3.8) is 0 Å². The van der Waals surface area contributed by atoms with Crippen LogP contribution >= 0.6 is 0 Å². The van der Waals surface area contributed by atoms with Crippen LogP contribution in [0.4, 0.5) is 0 Å². The Morgan fingerprint density at radius 2 is 2.42 bits per heavy atom. The van der Waals surface area contributed by atoms with E-state index in [1.807, 2.05) is 13.0 Å². The van der Waals surface area contributed by atoms with Gasteiger partial charge in [0.05, 0.1) is 12.1 Å². The van der Waals surface area contributed by atoms with Crippen molar-refractivity contribution in [2.45, 2.75) is 32.2 Å². The van der Waals surface area contributed by atoms with Crippen molar-refractivity contribution in [2.75, 3.05) is 6.54 Å². The third-order valence-electron chi connectivity index (χ3n) is 1.55. The molecule has 0 saturated carbocycles. The quantitative estimate of drug-likeness (QED) is 0.575. The zero-order chi connectivity index (χ0) is 9.40. The summed E-state index contributed by atoms with van der Waals surface area (Å²) < 4.78 is 0. The molecule has 0 radical (unpaired) electrons. The van der Waals surface area contributed by atoms with E-state index in [4.69, 9.17) is 11.0 Å². The molecule has 0 aliphatic rings. The van der Waals surface area contributed by atoms with Crippen LogP contribution in [0.3, 0.4) is 0 Å². The Balaban J connectivity index is 3.55. The summed E-state index contributed by atoms with van der Waals surface area (Å²) in [5.41, 5.74) is 5.52. The van der Waals surface area contributed by atoms with Crippen LogP contribution in [0.1, 0.15) is 26.2 Å². The number of rotatable bonds is 5. The molecule has 1 atom stereocenters. The first kappa shape index (κ1) is 10.9. The highest BCUT2D eigenvalue weighted by Gasteiger charge is 2.10. The van der Waals surface area contributed by atoms with Crippen LogP contribution in [-0.2, 0) is 4.79 Å². The van der Waals surface area contributed by atoms with Gasteiger partial charge >= 0.3 is 0 Å². The number of amides is 1. The first-order chi connectivity index (χ1) is 5.72. The minimum atomic E-state index is -0.460. The molecule has 0 rings (SSSR count). The molecule has 0 bridgehead atoms. The number of hydrogen-bond donors (Lipinski definition) is 2. The van der Waals surface area contributed by atoms with Gasteiger partial charge in [0.25, 0.3) is 0 Å². The maximum atomic E-state index is 11.0. The Morgan fingerprint density at radius 1 is 1.75 bits per heavy atom. The van der Waals surface area contributed by atoms with E-state index < -0.39 is 6.04 Å². The summed E-state index contributed by atoms with van der Waals surface area (Å²) in [5.74, 6) is -0.231. The number of carbonyl (C=O) groups excluding carboxylic acids is 1. The lowest BCUT2D eigenvalue weighted by Gasteiger charge is -2.08. The second-order valence-corrected chi connectivity index (χ2v) is 2.62. The fourth-order valence-corrected chi connectivity index (χ4v) is 0.813. The van der Waals surface area contributed by atoms with E-state index in [2.05, 4.69) is 5.32 Å². The Morgan fingerprint density at radius 3 is 2.92 bits per heavy atom. The fraction of sp³-hybridized carbons (Fsp3) is 0.750. The highest BCUT2D eigenvalue weighted by Crippen LogP contribution is 1.97. The second-order valence-electron chi connectivity index (χ2n) is 2.62. The highest BCUT2D eigenvalue weighted by molar-refractivity contribution is 5.81. The number of nitrogens with two attached hydrogens (primary N) is 1. The van der Waals surface area contributed by atoms with E-state index in [0.29, 0.717) is 6.42 Å². The SMILES string of the molecule is CCCCC(N)C(=O)NCC#N. The Kier molecular flexibility index (Phi) is 6.02. The van der Waals surface area contributed by atoms with Crippen molar-refractivity contribution >= 4 is 5.91 Å². The molecule has 3 N–H and O–H groups in total. The van der Waals surface area contributed by atoms with E-state index in [1.165, 1.54) is 0 Å². The zero-order valence-corrected chi connectivity index (χ0v) is 7.34. The molecule has 0 aromatic carbocycles. The van der Waals surface area contributed by atoms with E-state index >= 15 is 0 Å². The van der Waals surface area contributed by atoms with E-state index in [9.17, 15) is 4.79 Å². The third kappa shape index (κ3) is 4.69. The van der Waals surface area contributed by atoms with Crippen molar-refractivity contribution in [2.24, 2.45) is 5.73 Å². The average Bonchev–Trinajstić information content (AvgIpc) is 2.10. The van der Waals surface area contributed by atoms with Gasteiger partial charge in [0.15, 0.2) is 0 Å². The molecule has 1 amide bonds. The van der Waals surface area contributed by atoms with Crippen LogP contribution in [0.5, 0.6) is 0 Å². The maximum Gasteiger partial charge on any atom is 0.237 e. The molecule has 0 aliphatic heterocycles. The molecule has 0 aromatic heterocycles. The summed E-state index contributed by atoms with van der Waals surface area (Å²) in [5, 5.41) is 10.6. The highest BCUT2D eigenvalue weighted by atomic mass is 16.2. The predicted molar refractivity (Wildman–Crippen MR) is 46.1 cm³/mol. The molecule has 12 heavy (non-hydrogen) atoms. The van der Waals surface area contributed by atoms with Gasteiger partial charge < -0.3 is 11.1 Å². The summed E-state index contributed by atoms with van der Waals surface area (Å²) in [4.78, 5) is 11.0. The molecule has 4 nitrogen and oxygen atoms in total. The summed E-state index contributed by atoms with van der Waals surface area (Å²) in [6, 6.07) is 1.36. The summed E-state index contributed by atoms with van der Waals surface area (Å²) in [7, 11) is 0. The van der Waals surface area contributed by atoms with E-state index in [1.54, 1.807) is 0 Å². The minimum Gasteiger partial charge on any atom is -0.342 e. The first-order valence-corrected chi connectivity index (χ1v) is 4.12. The van der Waals surface area contributed by atoms with Crippen molar-refractivity contribution in [1.82, 2.24) is 5.32 Å². The van der Waals surface area contributed by atoms with Crippen LogP contribution in [0.2, 0.25) is 0 Å². The molecular weight excluding hydrogens is 154 g/mol.